The summed E-state index contributed by atoms with van der Waals surface area (Å²) in [5.74, 6) is 0. The molecule has 0 saturated heterocycles. The van der Waals surface area contributed by atoms with E-state index in [1.54, 1.807) is 6.08 Å². The van der Waals surface area contributed by atoms with E-state index in [2.05, 4.69) is 13.5 Å². The van der Waals surface area contributed by atoms with Gasteiger partial charge >= 0.3 is 0 Å². The molecule has 0 aliphatic rings. The van der Waals surface area contributed by atoms with Crippen molar-refractivity contribution in [2.24, 2.45) is 0 Å². The van der Waals surface area contributed by atoms with Crippen molar-refractivity contribution in [3.8, 4) is 0 Å². The molecular formula is C10H18O. The van der Waals surface area contributed by atoms with Gasteiger partial charge in [-0.25, -0.2) is 0 Å². The van der Waals surface area contributed by atoms with E-state index in [9.17, 15) is 5.11 Å². The molecule has 0 aliphatic heterocycles. The normalized spacial score (nSPS) is 13.7. The van der Waals surface area contributed by atoms with Crippen molar-refractivity contribution in [3.63, 3.8) is 0 Å². The van der Waals surface area contributed by atoms with Crippen LogP contribution in [0.3, 0.4) is 0 Å². The molecule has 0 saturated carbocycles. The maximum Gasteiger partial charge on any atom is 0.0724 e. The van der Waals surface area contributed by atoms with Gasteiger partial charge in [-0.1, -0.05) is 44.1 Å². The largest absolute Gasteiger partial charge is 0.389 e. The fraction of sp³-hybridized carbons (Fsp3) is 0.600. The Bertz CT molecular complexity index is 136. The van der Waals surface area contributed by atoms with Crippen LogP contribution in [0.15, 0.2) is 24.3 Å². The van der Waals surface area contributed by atoms with Gasteiger partial charge in [-0.05, 0) is 13.3 Å². The van der Waals surface area contributed by atoms with Crippen molar-refractivity contribution in [3.05, 3.63) is 24.3 Å². The minimum absolute atomic E-state index is 0.286. The van der Waals surface area contributed by atoms with E-state index >= 15 is 0 Å². The summed E-state index contributed by atoms with van der Waals surface area (Å²) in [5, 5.41) is 9.30. The molecule has 1 atom stereocenters. The third-order valence-electron chi connectivity index (χ3n) is 1.46. The van der Waals surface area contributed by atoms with Crippen molar-refractivity contribution < 1.29 is 5.11 Å². The molecular weight excluding hydrogens is 136 g/mol. The van der Waals surface area contributed by atoms with Crippen molar-refractivity contribution >= 4 is 0 Å². The second-order valence-corrected chi connectivity index (χ2v) is 2.92. The molecule has 0 unspecified atom stereocenters. The van der Waals surface area contributed by atoms with Gasteiger partial charge in [0.25, 0.3) is 0 Å². The Kier molecular flexibility index (Phi) is 5.86. The van der Waals surface area contributed by atoms with Crippen LogP contribution in [0, 0.1) is 0 Å². The number of allylic oxidation sites excluding steroid dienone is 2. The molecule has 0 heterocycles. The number of aliphatic hydroxyl groups excluding tert-OH is 1. The van der Waals surface area contributed by atoms with Crippen LogP contribution in [0.25, 0.3) is 0 Å². The highest BCUT2D eigenvalue weighted by molar-refractivity contribution is 5.12. The van der Waals surface area contributed by atoms with Crippen LogP contribution >= 0.6 is 0 Å². The fourth-order valence-corrected chi connectivity index (χ4v) is 0.785. The molecule has 0 spiro atoms. The van der Waals surface area contributed by atoms with Crippen molar-refractivity contribution in [1.29, 1.82) is 0 Å². The lowest BCUT2D eigenvalue weighted by Crippen LogP contribution is -2.00. The van der Waals surface area contributed by atoms with Gasteiger partial charge < -0.3 is 5.11 Å². The lowest BCUT2D eigenvalue weighted by Gasteiger charge is -2.02. The standard InChI is InChI=1S/C10H18O/c1-4-5-6-10(11)8-7-9(2)3/h7-8,10-11H,2,4-6H2,1,3H3/b8-7-/t10-/m1/s1. The van der Waals surface area contributed by atoms with Gasteiger partial charge in [-0.15, -0.1) is 0 Å². The first-order valence-electron chi connectivity index (χ1n) is 4.18. The Morgan fingerprint density at radius 2 is 2.27 bits per heavy atom. The van der Waals surface area contributed by atoms with Crippen LogP contribution < -0.4 is 0 Å². The zero-order valence-electron chi connectivity index (χ0n) is 7.51. The average molecular weight is 154 g/mol. The smallest absolute Gasteiger partial charge is 0.0724 e. The van der Waals surface area contributed by atoms with Crippen LogP contribution in [0.2, 0.25) is 0 Å². The van der Waals surface area contributed by atoms with Crippen LogP contribution in [-0.2, 0) is 0 Å². The zero-order chi connectivity index (χ0) is 8.69. The molecule has 0 amide bonds. The number of unbranched alkanes of at least 4 members (excludes halogenated alkanes) is 1. The molecule has 0 aromatic rings. The molecule has 0 radical (unpaired) electrons. The predicted octanol–water partition coefficient (Wildman–Crippen LogP) is 2.67. The number of hydrogen-bond acceptors (Lipinski definition) is 1. The minimum atomic E-state index is -0.286. The number of rotatable bonds is 5. The van der Waals surface area contributed by atoms with Gasteiger partial charge in [-0.3, -0.25) is 0 Å². The van der Waals surface area contributed by atoms with Crippen LogP contribution in [-0.4, -0.2) is 11.2 Å². The second kappa shape index (κ2) is 6.17. The summed E-state index contributed by atoms with van der Waals surface area (Å²) in [5.41, 5.74) is 0.987. The predicted molar refractivity (Wildman–Crippen MR) is 49.5 cm³/mol. The molecule has 64 valence electrons. The molecule has 1 N–H and O–H groups in total. The first-order valence-corrected chi connectivity index (χ1v) is 4.18. The summed E-state index contributed by atoms with van der Waals surface area (Å²) >= 11 is 0. The summed E-state index contributed by atoms with van der Waals surface area (Å²) in [6.07, 6.45) is 6.46. The monoisotopic (exact) mass is 154 g/mol. The number of hydrogen-bond donors (Lipinski definition) is 1. The van der Waals surface area contributed by atoms with Crippen molar-refractivity contribution in [2.75, 3.05) is 0 Å². The molecule has 1 nitrogen and oxygen atoms in total. The summed E-state index contributed by atoms with van der Waals surface area (Å²) in [4.78, 5) is 0. The van der Waals surface area contributed by atoms with Gasteiger partial charge in [0.15, 0.2) is 0 Å². The van der Waals surface area contributed by atoms with E-state index in [1.807, 2.05) is 13.0 Å². The van der Waals surface area contributed by atoms with Gasteiger partial charge in [-0.2, -0.15) is 0 Å². The molecule has 1 heteroatoms. The first-order chi connectivity index (χ1) is 5.16. The highest BCUT2D eigenvalue weighted by Gasteiger charge is 1.95. The Morgan fingerprint density at radius 3 is 2.73 bits per heavy atom. The highest BCUT2D eigenvalue weighted by atomic mass is 16.3. The van der Waals surface area contributed by atoms with Crippen molar-refractivity contribution in [2.45, 2.75) is 39.2 Å². The summed E-state index contributed by atoms with van der Waals surface area (Å²) in [6.45, 7) is 7.75. The average Bonchev–Trinajstić information content (AvgIpc) is 1.97. The van der Waals surface area contributed by atoms with E-state index in [0.29, 0.717) is 0 Å². The van der Waals surface area contributed by atoms with Gasteiger partial charge in [0, 0.05) is 0 Å². The summed E-state index contributed by atoms with van der Waals surface area (Å²) in [6, 6.07) is 0. The van der Waals surface area contributed by atoms with E-state index in [4.69, 9.17) is 0 Å². The van der Waals surface area contributed by atoms with E-state index in [1.165, 1.54) is 0 Å². The first kappa shape index (κ1) is 10.4. The summed E-state index contributed by atoms with van der Waals surface area (Å²) < 4.78 is 0. The molecule has 0 aromatic carbocycles. The molecule has 11 heavy (non-hydrogen) atoms. The van der Waals surface area contributed by atoms with E-state index < -0.39 is 0 Å². The maximum absolute atomic E-state index is 9.30. The third-order valence-corrected chi connectivity index (χ3v) is 1.46. The summed E-state index contributed by atoms with van der Waals surface area (Å²) in [7, 11) is 0. The SMILES string of the molecule is C=C(C)/C=C\[C@H](O)CCCC. The lowest BCUT2D eigenvalue weighted by atomic mass is 10.1. The van der Waals surface area contributed by atoms with E-state index in [0.717, 1.165) is 24.8 Å². The second-order valence-electron chi connectivity index (χ2n) is 2.92. The number of aliphatic hydroxyl groups is 1. The Morgan fingerprint density at radius 1 is 1.64 bits per heavy atom. The third kappa shape index (κ3) is 7.34. The Hall–Kier alpha value is -0.560. The Labute approximate surface area is 69.4 Å². The topological polar surface area (TPSA) is 20.2 Å². The van der Waals surface area contributed by atoms with Crippen LogP contribution in [0.5, 0.6) is 0 Å². The molecule has 0 bridgehead atoms. The lowest BCUT2D eigenvalue weighted by molar-refractivity contribution is 0.209. The highest BCUT2D eigenvalue weighted by Crippen LogP contribution is 2.02. The molecule has 0 aromatic heterocycles. The molecule has 0 aliphatic carbocycles. The van der Waals surface area contributed by atoms with Crippen molar-refractivity contribution in [1.82, 2.24) is 0 Å². The Balaban J connectivity index is 3.50. The maximum atomic E-state index is 9.30. The quantitative estimate of drug-likeness (QED) is 0.604. The fourth-order valence-electron chi connectivity index (χ4n) is 0.785. The molecule has 0 fully saturated rings. The van der Waals surface area contributed by atoms with E-state index in [-0.39, 0.29) is 6.10 Å². The minimum Gasteiger partial charge on any atom is -0.389 e. The van der Waals surface area contributed by atoms with Gasteiger partial charge in [0.05, 0.1) is 6.10 Å². The molecule has 0 rings (SSSR count). The van der Waals surface area contributed by atoms with Crippen LogP contribution in [0.1, 0.15) is 33.1 Å². The van der Waals surface area contributed by atoms with Gasteiger partial charge in [0.1, 0.15) is 0 Å². The zero-order valence-corrected chi connectivity index (χ0v) is 7.51. The van der Waals surface area contributed by atoms with Gasteiger partial charge in [0.2, 0.25) is 0 Å². The van der Waals surface area contributed by atoms with Crippen LogP contribution in [0.4, 0.5) is 0 Å².